The number of hydrogen-bond acceptors (Lipinski definition) is 3. The number of carbonyl (C=O) groups is 1. The van der Waals surface area contributed by atoms with Gasteiger partial charge in [-0.25, -0.2) is 4.98 Å². The molecule has 0 bridgehead atoms. The average molecular weight is 266 g/mol. The van der Waals surface area contributed by atoms with Crippen molar-refractivity contribution in [1.82, 2.24) is 14.8 Å². The highest BCUT2D eigenvalue weighted by Crippen LogP contribution is 2.18. The molecule has 0 aliphatic carbocycles. The van der Waals surface area contributed by atoms with Gasteiger partial charge in [-0.3, -0.25) is 9.48 Å². The Morgan fingerprint density at radius 1 is 1.39 bits per heavy atom. The van der Waals surface area contributed by atoms with E-state index in [1.807, 2.05) is 12.1 Å². The van der Waals surface area contributed by atoms with E-state index in [4.69, 9.17) is 16.7 Å². The van der Waals surface area contributed by atoms with Gasteiger partial charge in [0, 0.05) is 24.1 Å². The van der Waals surface area contributed by atoms with Crippen molar-refractivity contribution in [2.45, 2.75) is 12.8 Å². The van der Waals surface area contributed by atoms with Gasteiger partial charge in [-0.1, -0.05) is 11.6 Å². The highest BCUT2D eigenvalue weighted by molar-refractivity contribution is 6.30. The molecule has 6 heteroatoms. The van der Waals surface area contributed by atoms with Gasteiger partial charge in [0.05, 0.1) is 6.42 Å². The molecule has 1 N–H and O–H groups in total. The first-order valence-corrected chi connectivity index (χ1v) is 5.81. The molecule has 1 aromatic heterocycles. The van der Waals surface area contributed by atoms with E-state index in [9.17, 15) is 4.79 Å². The quantitative estimate of drug-likeness (QED) is 0.920. The van der Waals surface area contributed by atoms with Gasteiger partial charge in [-0.15, -0.1) is 0 Å². The Morgan fingerprint density at radius 3 is 2.67 bits per heavy atom. The second-order valence-corrected chi connectivity index (χ2v) is 4.31. The number of aromatic nitrogens is 3. The summed E-state index contributed by atoms with van der Waals surface area (Å²) in [5.74, 6) is 0.392. The monoisotopic (exact) mass is 265 g/mol. The summed E-state index contributed by atoms with van der Waals surface area (Å²) in [4.78, 5) is 14.9. The van der Waals surface area contributed by atoms with Gasteiger partial charge < -0.3 is 5.11 Å². The maximum absolute atomic E-state index is 10.5. The van der Waals surface area contributed by atoms with E-state index < -0.39 is 5.97 Å². The third kappa shape index (κ3) is 2.87. The molecule has 94 valence electrons. The average Bonchev–Trinajstić information content (AvgIpc) is 2.69. The lowest BCUT2D eigenvalue weighted by atomic mass is 10.2. The summed E-state index contributed by atoms with van der Waals surface area (Å²) in [6.45, 7) is 0. The van der Waals surface area contributed by atoms with Crippen molar-refractivity contribution >= 4 is 17.6 Å². The highest BCUT2D eigenvalue weighted by Gasteiger charge is 2.10. The van der Waals surface area contributed by atoms with Crippen molar-refractivity contribution in [2.24, 2.45) is 7.05 Å². The van der Waals surface area contributed by atoms with Crippen LogP contribution in [-0.4, -0.2) is 25.8 Å². The molecule has 5 nitrogen and oxygen atoms in total. The van der Waals surface area contributed by atoms with Gasteiger partial charge in [-0.05, 0) is 24.3 Å². The van der Waals surface area contributed by atoms with Crippen LogP contribution in [0.4, 0.5) is 0 Å². The lowest BCUT2D eigenvalue weighted by Crippen LogP contribution is -2.03. The van der Waals surface area contributed by atoms with E-state index in [0.29, 0.717) is 23.1 Å². The van der Waals surface area contributed by atoms with E-state index in [-0.39, 0.29) is 6.42 Å². The molecular formula is C12H12ClN3O2. The zero-order chi connectivity index (χ0) is 13.1. The minimum atomic E-state index is -0.842. The van der Waals surface area contributed by atoms with Crippen molar-refractivity contribution < 1.29 is 9.90 Å². The van der Waals surface area contributed by atoms with Crippen LogP contribution in [-0.2, 0) is 18.3 Å². The minimum absolute atomic E-state index is 0.0482. The summed E-state index contributed by atoms with van der Waals surface area (Å²) < 4.78 is 1.60. The number of rotatable bonds is 4. The summed E-state index contributed by atoms with van der Waals surface area (Å²) in [6.07, 6.45) is 0.416. The largest absolute Gasteiger partial charge is 0.481 e. The predicted molar refractivity (Wildman–Crippen MR) is 67.4 cm³/mol. The standard InChI is InChI=1S/C12H12ClN3O2/c1-16-10(6-7-11(17)18)14-12(15-16)8-2-4-9(13)5-3-8/h2-5H,6-7H2,1H3,(H,17,18). The van der Waals surface area contributed by atoms with Crippen LogP contribution in [0.25, 0.3) is 11.4 Å². The lowest BCUT2D eigenvalue weighted by Gasteiger charge is -1.95. The van der Waals surface area contributed by atoms with Gasteiger partial charge in [-0.2, -0.15) is 5.10 Å². The maximum atomic E-state index is 10.5. The van der Waals surface area contributed by atoms with Gasteiger partial charge in [0.2, 0.25) is 0 Å². The smallest absolute Gasteiger partial charge is 0.303 e. The zero-order valence-corrected chi connectivity index (χ0v) is 10.6. The van der Waals surface area contributed by atoms with Crippen LogP contribution in [0.3, 0.4) is 0 Å². The Balaban J connectivity index is 2.22. The number of aliphatic carboxylic acids is 1. The maximum Gasteiger partial charge on any atom is 0.303 e. The first-order chi connectivity index (χ1) is 8.56. The molecule has 0 aliphatic heterocycles. The fraction of sp³-hybridized carbons (Fsp3) is 0.250. The topological polar surface area (TPSA) is 68.0 Å². The molecule has 0 unspecified atom stereocenters. The molecule has 0 amide bonds. The third-order valence-electron chi connectivity index (χ3n) is 2.52. The van der Waals surface area contributed by atoms with Crippen molar-refractivity contribution in [3.05, 3.63) is 35.1 Å². The minimum Gasteiger partial charge on any atom is -0.481 e. The summed E-state index contributed by atoms with van der Waals surface area (Å²) >= 11 is 5.81. The molecule has 0 saturated carbocycles. The number of hydrogen-bond donors (Lipinski definition) is 1. The SMILES string of the molecule is Cn1nc(-c2ccc(Cl)cc2)nc1CCC(=O)O. The van der Waals surface area contributed by atoms with Crippen LogP contribution in [0.15, 0.2) is 24.3 Å². The van der Waals surface area contributed by atoms with E-state index in [2.05, 4.69) is 10.1 Å². The molecule has 0 spiro atoms. The van der Waals surface area contributed by atoms with Crippen LogP contribution in [0.1, 0.15) is 12.2 Å². The molecule has 18 heavy (non-hydrogen) atoms. The molecular weight excluding hydrogens is 254 g/mol. The lowest BCUT2D eigenvalue weighted by molar-refractivity contribution is -0.137. The fourth-order valence-corrected chi connectivity index (χ4v) is 1.70. The number of aryl methyl sites for hydroxylation is 2. The number of benzene rings is 1. The summed E-state index contributed by atoms with van der Waals surface area (Å²) in [5.41, 5.74) is 0.858. The van der Waals surface area contributed by atoms with E-state index >= 15 is 0 Å². The Morgan fingerprint density at radius 2 is 2.06 bits per heavy atom. The van der Waals surface area contributed by atoms with Crippen molar-refractivity contribution in [2.75, 3.05) is 0 Å². The van der Waals surface area contributed by atoms with Gasteiger partial charge in [0.1, 0.15) is 5.82 Å². The Labute approximate surface area is 109 Å². The molecule has 1 aromatic carbocycles. The summed E-state index contributed by atoms with van der Waals surface area (Å²) in [5, 5.41) is 13.6. The number of carboxylic acids is 1. The molecule has 0 atom stereocenters. The molecule has 0 aliphatic rings. The number of carboxylic acid groups (broad SMARTS) is 1. The van der Waals surface area contributed by atoms with Gasteiger partial charge >= 0.3 is 5.97 Å². The molecule has 2 rings (SSSR count). The number of halogens is 1. The Hall–Kier alpha value is -1.88. The third-order valence-corrected chi connectivity index (χ3v) is 2.77. The first kappa shape index (κ1) is 12.6. The van der Waals surface area contributed by atoms with Crippen molar-refractivity contribution in [3.63, 3.8) is 0 Å². The Bertz CT molecular complexity index is 563. The molecule has 0 radical (unpaired) electrons. The highest BCUT2D eigenvalue weighted by atomic mass is 35.5. The van der Waals surface area contributed by atoms with E-state index in [1.54, 1.807) is 23.9 Å². The van der Waals surface area contributed by atoms with Gasteiger partial charge in [0.25, 0.3) is 0 Å². The van der Waals surface area contributed by atoms with E-state index in [0.717, 1.165) is 5.56 Å². The van der Waals surface area contributed by atoms with Crippen molar-refractivity contribution in [1.29, 1.82) is 0 Å². The second-order valence-electron chi connectivity index (χ2n) is 3.88. The summed E-state index contributed by atoms with van der Waals surface area (Å²) in [6, 6.07) is 7.20. The molecule has 1 heterocycles. The fourth-order valence-electron chi connectivity index (χ4n) is 1.57. The van der Waals surface area contributed by atoms with Crippen LogP contribution >= 0.6 is 11.6 Å². The van der Waals surface area contributed by atoms with Crippen molar-refractivity contribution in [3.8, 4) is 11.4 Å². The molecule has 0 fully saturated rings. The molecule has 2 aromatic rings. The van der Waals surface area contributed by atoms with E-state index in [1.165, 1.54) is 0 Å². The van der Waals surface area contributed by atoms with Crippen LogP contribution < -0.4 is 0 Å². The normalized spacial score (nSPS) is 10.6. The van der Waals surface area contributed by atoms with Gasteiger partial charge in [0.15, 0.2) is 5.82 Å². The molecule has 0 saturated heterocycles. The van der Waals surface area contributed by atoms with Crippen LogP contribution in [0.2, 0.25) is 5.02 Å². The Kier molecular flexibility index (Phi) is 3.62. The second kappa shape index (κ2) is 5.18. The first-order valence-electron chi connectivity index (χ1n) is 5.44. The van der Waals surface area contributed by atoms with Crippen LogP contribution in [0, 0.1) is 0 Å². The number of nitrogens with zero attached hydrogens (tertiary/aromatic N) is 3. The predicted octanol–water partition coefficient (Wildman–Crippen LogP) is 2.15. The zero-order valence-electron chi connectivity index (χ0n) is 9.80. The van der Waals surface area contributed by atoms with Crippen LogP contribution in [0.5, 0.6) is 0 Å². The summed E-state index contributed by atoms with van der Waals surface area (Å²) in [7, 11) is 1.75.